The molecule has 9 nitrogen and oxygen atoms in total. The van der Waals surface area contributed by atoms with E-state index in [2.05, 4.69) is 22.4 Å². The normalized spacial score (nSPS) is 13.9. The quantitative estimate of drug-likeness (QED) is 0.115. The molecule has 2 aromatic carbocycles. The summed E-state index contributed by atoms with van der Waals surface area (Å²) in [4.78, 5) is 21.1. The molecule has 0 radical (unpaired) electrons. The van der Waals surface area contributed by atoms with Crippen molar-refractivity contribution < 1.29 is 14.3 Å². The predicted octanol–water partition coefficient (Wildman–Crippen LogP) is 6.24. The van der Waals surface area contributed by atoms with Gasteiger partial charge in [0.05, 0.1) is 11.3 Å². The minimum Gasteiger partial charge on any atom is -0.490 e. The summed E-state index contributed by atoms with van der Waals surface area (Å²) in [6.07, 6.45) is 1.75. The van der Waals surface area contributed by atoms with Crippen molar-refractivity contribution in [2.45, 2.75) is 29.7 Å². The van der Waals surface area contributed by atoms with E-state index in [4.69, 9.17) is 31.8 Å². The Balaban J connectivity index is 0.00000423. The average molecular weight is 654 g/mol. The van der Waals surface area contributed by atoms with Crippen molar-refractivity contribution in [3.05, 3.63) is 75.8 Å². The number of nitriles is 2. The number of esters is 1. The number of nitrogen functional groups attached to an aromatic ring is 1. The molecule has 0 saturated carbocycles. The number of nitrogens with zero attached hydrogens (tertiary/aromatic N) is 4. The third kappa shape index (κ3) is 7.77. The van der Waals surface area contributed by atoms with Gasteiger partial charge in [0.25, 0.3) is 0 Å². The molecule has 1 aliphatic rings. The SMILES string of the molecule is Cl.N#Cc1c(N)nc(SCc2csc(-c3ccc(Cl)cc3)n2)c(C#N)c1-c1ccc(OCCOC(=O)[C@@H]2CCCN2)cc1. The Labute approximate surface area is 268 Å². The van der Waals surface area contributed by atoms with E-state index in [9.17, 15) is 15.3 Å². The number of ether oxygens (including phenoxy) is 2. The zero-order valence-corrected chi connectivity index (χ0v) is 25.9. The van der Waals surface area contributed by atoms with Crippen LogP contribution in [0.1, 0.15) is 29.7 Å². The highest BCUT2D eigenvalue weighted by Gasteiger charge is 2.23. The minimum absolute atomic E-state index is 0. The maximum absolute atomic E-state index is 12.0. The fourth-order valence-electron chi connectivity index (χ4n) is 4.44. The summed E-state index contributed by atoms with van der Waals surface area (Å²) in [5.41, 5.74) is 9.43. The van der Waals surface area contributed by atoms with E-state index in [-0.39, 0.29) is 54.6 Å². The number of anilines is 1. The molecular weight excluding hydrogens is 627 g/mol. The summed E-state index contributed by atoms with van der Waals surface area (Å²) in [6, 6.07) is 18.5. The van der Waals surface area contributed by atoms with Crippen molar-refractivity contribution in [2.75, 3.05) is 25.5 Å². The Morgan fingerprint density at radius 1 is 1.07 bits per heavy atom. The van der Waals surface area contributed by atoms with Crippen LogP contribution in [0.4, 0.5) is 5.82 Å². The van der Waals surface area contributed by atoms with Gasteiger partial charge in [-0.1, -0.05) is 47.6 Å². The molecule has 220 valence electrons. The number of rotatable bonds is 10. The fraction of sp³-hybridized carbons (Fsp3) is 0.233. The van der Waals surface area contributed by atoms with E-state index < -0.39 is 0 Å². The van der Waals surface area contributed by atoms with Crippen LogP contribution < -0.4 is 15.8 Å². The highest BCUT2D eigenvalue weighted by molar-refractivity contribution is 7.98. The number of aromatic nitrogens is 2. The second kappa shape index (κ2) is 15.1. The number of thiazole rings is 1. The fourth-order valence-corrected chi connectivity index (χ4v) is 6.38. The molecule has 1 atom stereocenters. The highest BCUT2D eigenvalue weighted by Crippen LogP contribution is 2.37. The molecule has 3 N–H and O–H groups in total. The van der Waals surface area contributed by atoms with Gasteiger partial charge in [-0.2, -0.15) is 10.5 Å². The van der Waals surface area contributed by atoms with Crippen LogP contribution in [-0.4, -0.2) is 41.7 Å². The molecule has 13 heteroatoms. The molecule has 4 aromatic rings. The van der Waals surface area contributed by atoms with Crippen LogP contribution in [0.3, 0.4) is 0 Å². The third-order valence-electron chi connectivity index (χ3n) is 6.50. The van der Waals surface area contributed by atoms with Crippen LogP contribution in [0.25, 0.3) is 21.7 Å². The molecule has 1 saturated heterocycles. The second-order valence-corrected chi connectivity index (χ2v) is 11.5. The molecule has 43 heavy (non-hydrogen) atoms. The summed E-state index contributed by atoms with van der Waals surface area (Å²) in [6.45, 7) is 1.16. The molecular formula is C30H26Cl2N6O3S2. The van der Waals surface area contributed by atoms with Gasteiger partial charge in [-0.15, -0.1) is 23.7 Å². The van der Waals surface area contributed by atoms with Crippen molar-refractivity contribution in [2.24, 2.45) is 0 Å². The zero-order chi connectivity index (χ0) is 29.5. The number of pyridine rings is 1. The topological polar surface area (TPSA) is 147 Å². The Hall–Kier alpha value is -3.84. The first kappa shape index (κ1) is 32.1. The van der Waals surface area contributed by atoms with Crippen LogP contribution in [0.5, 0.6) is 5.75 Å². The summed E-state index contributed by atoms with van der Waals surface area (Å²) in [5.74, 6) is 0.806. The molecule has 3 heterocycles. The second-order valence-electron chi connectivity index (χ2n) is 9.28. The summed E-state index contributed by atoms with van der Waals surface area (Å²) >= 11 is 8.85. The zero-order valence-electron chi connectivity index (χ0n) is 22.7. The average Bonchev–Trinajstić information content (AvgIpc) is 3.72. The summed E-state index contributed by atoms with van der Waals surface area (Å²) in [7, 11) is 0. The lowest BCUT2D eigenvalue weighted by molar-refractivity contribution is -0.146. The molecule has 0 spiro atoms. The molecule has 5 rings (SSSR count). The van der Waals surface area contributed by atoms with Gasteiger partial charge in [-0.05, 0) is 49.2 Å². The molecule has 0 unspecified atom stereocenters. The van der Waals surface area contributed by atoms with Gasteiger partial charge in [0.15, 0.2) is 0 Å². The van der Waals surface area contributed by atoms with Gasteiger partial charge >= 0.3 is 5.97 Å². The lowest BCUT2D eigenvalue weighted by atomic mass is 9.97. The van der Waals surface area contributed by atoms with Gasteiger partial charge in [0.1, 0.15) is 58.6 Å². The third-order valence-corrected chi connectivity index (χ3v) is 8.70. The summed E-state index contributed by atoms with van der Waals surface area (Å²) < 4.78 is 11.0. The molecule has 1 fully saturated rings. The number of nitrogens with one attached hydrogen (secondary N) is 1. The molecule has 0 bridgehead atoms. The minimum atomic E-state index is -0.264. The van der Waals surface area contributed by atoms with E-state index in [1.54, 1.807) is 24.3 Å². The van der Waals surface area contributed by atoms with Crippen molar-refractivity contribution in [3.63, 3.8) is 0 Å². The predicted molar refractivity (Wildman–Crippen MR) is 170 cm³/mol. The number of nitrogens with two attached hydrogens (primary N) is 1. The number of hydrogen-bond donors (Lipinski definition) is 2. The highest BCUT2D eigenvalue weighted by atomic mass is 35.5. The first-order valence-electron chi connectivity index (χ1n) is 13.1. The Bertz CT molecular complexity index is 1660. The van der Waals surface area contributed by atoms with Gasteiger partial charge in [0.2, 0.25) is 0 Å². The van der Waals surface area contributed by atoms with Crippen LogP contribution in [0.15, 0.2) is 58.9 Å². The number of carbonyl (C=O) groups excluding carboxylic acids is 1. The van der Waals surface area contributed by atoms with Crippen LogP contribution >= 0.6 is 47.1 Å². The Morgan fingerprint density at radius 2 is 1.79 bits per heavy atom. The maximum atomic E-state index is 12.0. The number of thioether (sulfide) groups is 1. The Morgan fingerprint density at radius 3 is 2.47 bits per heavy atom. The van der Waals surface area contributed by atoms with Crippen LogP contribution in [-0.2, 0) is 15.3 Å². The van der Waals surface area contributed by atoms with Crippen LogP contribution in [0.2, 0.25) is 5.02 Å². The van der Waals surface area contributed by atoms with E-state index in [1.807, 2.05) is 29.6 Å². The van der Waals surface area contributed by atoms with Crippen molar-refractivity contribution >= 4 is 58.9 Å². The maximum Gasteiger partial charge on any atom is 0.323 e. The van der Waals surface area contributed by atoms with E-state index in [0.29, 0.717) is 32.7 Å². The van der Waals surface area contributed by atoms with Gasteiger partial charge in [-0.3, -0.25) is 4.79 Å². The number of hydrogen-bond acceptors (Lipinski definition) is 11. The number of benzene rings is 2. The lowest BCUT2D eigenvalue weighted by Gasteiger charge is -2.14. The van der Waals surface area contributed by atoms with Crippen molar-refractivity contribution in [1.29, 1.82) is 10.5 Å². The molecule has 1 aliphatic heterocycles. The summed E-state index contributed by atoms with van der Waals surface area (Å²) in [5, 5.41) is 27.0. The molecule has 2 aromatic heterocycles. The number of carbonyl (C=O) groups is 1. The lowest BCUT2D eigenvalue weighted by Crippen LogP contribution is -2.33. The standard InChI is InChI=1S/C30H25ClN6O3S2.ClH/c31-20-7-3-19(4-8-20)28-36-21(16-41-28)17-42-29-24(15-33)26(23(14-32)27(34)37-29)18-5-9-22(10-6-18)39-12-13-40-30(38)25-2-1-11-35-25;/h3-10,16,25,35H,1-2,11-13,17H2,(H2,34,37);1H/t25-;/m0./s1. The van der Waals surface area contributed by atoms with E-state index in [1.165, 1.54) is 23.1 Å². The number of halogens is 2. The van der Waals surface area contributed by atoms with Gasteiger partial charge in [-0.25, -0.2) is 9.97 Å². The smallest absolute Gasteiger partial charge is 0.323 e. The van der Waals surface area contributed by atoms with Crippen molar-refractivity contribution in [3.8, 4) is 39.6 Å². The molecule has 0 amide bonds. The van der Waals surface area contributed by atoms with Crippen LogP contribution in [0, 0.1) is 22.7 Å². The van der Waals surface area contributed by atoms with Gasteiger partial charge in [0, 0.05) is 27.3 Å². The largest absolute Gasteiger partial charge is 0.490 e. The first-order chi connectivity index (χ1) is 20.5. The Kier molecular flexibility index (Phi) is 11.2. The van der Waals surface area contributed by atoms with Gasteiger partial charge < -0.3 is 20.5 Å². The monoisotopic (exact) mass is 652 g/mol. The van der Waals surface area contributed by atoms with E-state index >= 15 is 0 Å². The van der Waals surface area contributed by atoms with Crippen molar-refractivity contribution in [1.82, 2.24) is 15.3 Å². The van der Waals surface area contributed by atoms with E-state index in [0.717, 1.165) is 35.7 Å². The molecule has 0 aliphatic carbocycles. The first-order valence-corrected chi connectivity index (χ1v) is 15.3.